The molecule has 0 spiro atoms. The van der Waals surface area contributed by atoms with Gasteiger partial charge in [-0.25, -0.2) is 0 Å². The van der Waals surface area contributed by atoms with Gasteiger partial charge in [-0.1, -0.05) is 6.07 Å². The van der Waals surface area contributed by atoms with Crippen LogP contribution < -0.4 is 5.32 Å². The Balaban J connectivity index is 1.70. The van der Waals surface area contributed by atoms with E-state index in [0.717, 1.165) is 48.0 Å². The molecular weight excluding hydrogens is 378 g/mol. The number of aryl methyl sites for hydroxylation is 2. The lowest BCUT2D eigenvalue weighted by Gasteiger charge is -2.36. The third kappa shape index (κ3) is 3.95. The molecule has 3 aromatic rings. The number of benzene rings is 1. The van der Waals surface area contributed by atoms with Crippen LogP contribution in [-0.2, 0) is 0 Å². The van der Waals surface area contributed by atoms with E-state index in [1.165, 1.54) is 0 Å². The number of nitrogens with zero attached hydrogens (tertiary/aromatic N) is 4. The van der Waals surface area contributed by atoms with E-state index in [1.54, 1.807) is 12.3 Å². The number of phenolic OH excluding ortho intramolecular Hbond substituents is 1. The Morgan fingerprint density at radius 3 is 2.87 bits per heavy atom. The Morgan fingerprint density at radius 1 is 1.27 bits per heavy atom. The standard InChI is InChI=1S/C23H29N5O2/c1-14-10-15(2)20(19(30)11-14)21-18-7-4-8-24-22(18)23(27-26-21)25-17-6-5-9-28(12-17)16(3)13-29/h4,7-8,10-11,16-17,29-30H,5-6,9,12-13H2,1-3H3,(H,25,27). The summed E-state index contributed by atoms with van der Waals surface area (Å²) in [5.74, 6) is 0.857. The van der Waals surface area contributed by atoms with Gasteiger partial charge in [0.05, 0.1) is 6.61 Å². The van der Waals surface area contributed by atoms with Gasteiger partial charge in [-0.2, -0.15) is 0 Å². The van der Waals surface area contributed by atoms with Crippen molar-refractivity contribution in [3.63, 3.8) is 0 Å². The first kappa shape index (κ1) is 20.5. The Hall–Kier alpha value is -2.77. The number of fused-ring (bicyclic) bond motifs is 1. The van der Waals surface area contributed by atoms with E-state index in [1.807, 2.05) is 39.0 Å². The first-order valence-corrected chi connectivity index (χ1v) is 10.5. The predicted octanol–water partition coefficient (Wildman–Crippen LogP) is 3.27. The number of pyridine rings is 1. The smallest absolute Gasteiger partial charge is 0.175 e. The summed E-state index contributed by atoms with van der Waals surface area (Å²) in [4.78, 5) is 6.88. The number of piperidine rings is 1. The van der Waals surface area contributed by atoms with Crippen LogP contribution in [0.2, 0.25) is 0 Å². The van der Waals surface area contributed by atoms with Crippen molar-refractivity contribution < 1.29 is 10.2 Å². The molecule has 2 aromatic heterocycles. The second-order valence-corrected chi connectivity index (χ2v) is 8.28. The van der Waals surface area contributed by atoms with Crippen LogP contribution in [0, 0.1) is 13.8 Å². The van der Waals surface area contributed by atoms with Crippen LogP contribution in [0.1, 0.15) is 30.9 Å². The lowest BCUT2D eigenvalue weighted by molar-refractivity contribution is 0.110. The summed E-state index contributed by atoms with van der Waals surface area (Å²) in [5.41, 5.74) is 4.03. The van der Waals surface area contributed by atoms with Crippen LogP contribution in [0.15, 0.2) is 30.5 Å². The second-order valence-electron chi connectivity index (χ2n) is 8.28. The molecule has 30 heavy (non-hydrogen) atoms. The van der Waals surface area contributed by atoms with E-state index < -0.39 is 0 Å². The number of anilines is 1. The molecule has 0 bridgehead atoms. The zero-order valence-electron chi connectivity index (χ0n) is 17.8. The molecule has 1 aliphatic rings. The topological polar surface area (TPSA) is 94.4 Å². The fourth-order valence-corrected chi connectivity index (χ4v) is 4.35. The number of aromatic nitrogens is 3. The molecule has 1 aromatic carbocycles. The zero-order chi connectivity index (χ0) is 21.3. The van der Waals surface area contributed by atoms with Crippen molar-refractivity contribution in [2.75, 3.05) is 25.0 Å². The molecule has 0 radical (unpaired) electrons. The van der Waals surface area contributed by atoms with Crippen molar-refractivity contribution in [2.24, 2.45) is 0 Å². The molecule has 7 nitrogen and oxygen atoms in total. The normalized spacial score (nSPS) is 18.5. The molecule has 1 aliphatic heterocycles. The Bertz CT molecular complexity index is 1030. The number of phenols is 1. The van der Waals surface area contributed by atoms with Gasteiger partial charge >= 0.3 is 0 Å². The van der Waals surface area contributed by atoms with Gasteiger partial charge in [0.15, 0.2) is 5.82 Å². The van der Waals surface area contributed by atoms with E-state index in [4.69, 9.17) is 0 Å². The largest absolute Gasteiger partial charge is 0.507 e. The summed E-state index contributed by atoms with van der Waals surface area (Å²) in [5, 5.41) is 33.4. The van der Waals surface area contributed by atoms with Crippen molar-refractivity contribution >= 4 is 16.7 Å². The van der Waals surface area contributed by atoms with Gasteiger partial charge < -0.3 is 15.5 Å². The Morgan fingerprint density at radius 2 is 2.10 bits per heavy atom. The fraction of sp³-hybridized carbons (Fsp3) is 0.435. The van der Waals surface area contributed by atoms with Gasteiger partial charge in [-0.3, -0.25) is 9.88 Å². The summed E-state index contributed by atoms with van der Waals surface area (Å²) in [7, 11) is 0. The quantitative estimate of drug-likeness (QED) is 0.597. The SMILES string of the molecule is Cc1cc(C)c(-c2nnc(NC3CCCN(C(C)CO)C3)c3ncccc23)c(O)c1. The molecule has 1 fully saturated rings. The maximum absolute atomic E-state index is 10.6. The molecule has 4 rings (SSSR count). The van der Waals surface area contributed by atoms with E-state index in [9.17, 15) is 10.2 Å². The monoisotopic (exact) mass is 407 g/mol. The van der Waals surface area contributed by atoms with Crippen LogP contribution in [0.25, 0.3) is 22.2 Å². The highest BCUT2D eigenvalue weighted by Crippen LogP contribution is 2.37. The van der Waals surface area contributed by atoms with Crippen LogP contribution >= 0.6 is 0 Å². The van der Waals surface area contributed by atoms with Gasteiger partial charge in [0.1, 0.15) is 17.0 Å². The fourth-order valence-electron chi connectivity index (χ4n) is 4.35. The average molecular weight is 408 g/mol. The average Bonchev–Trinajstić information content (AvgIpc) is 2.74. The Kier molecular flexibility index (Phi) is 5.83. The van der Waals surface area contributed by atoms with Crippen molar-refractivity contribution in [3.05, 3.63) is 41.6 Å². The molecule has 0 aliphatic carbocycles. The molecule has 0 amide bonds. The molecular formula is C23H29N5O2. The van der Waals surface area contributed by atoms with Crippen LogP contribution in [0.5, 0.6) is 5.75 Å². The highest BCUT2D eigenvalue weighted by Gasteiger charge is 2.25. The van der Waals surface area contributed by atoms with Crippen LogP contribution in [0.3, 0.4) is 0 Å². The van der Waals surface area contributed by atoms with Gasteiger partial charge in [0, 0.05) is 35.8 Å². The van der Waals surface area contributed by atoms with E-state index in [-0.39, 0.29) is 24.4 Å². The van der Waals surface area contributed by atoms with Crippen molar-refractivity contribution in [3.8, 4) is 17.0 Å². The summed E-state index contributed by atoms with van der Waals surface area (Å²) in [6, 6.07) is 7.99. The maximum atomic E-state index is 10.6. The lowest BCUT2D eigenvalue weighted by atomic mass is 9.99. The summed E-state index contributed by atoms with van der Waals surface area (Å²) < 4.78 is 0. The van der Waals surface area contributed by atoms with E-state index in [0.29, 0.717) is 17.1 Å². The minimum Gasteiger partial charge on any atom is -0.507 e. The van der Waals surface area contributed by atoms with Gasteiger partial charge in [0.2, 0.25) is 0 Å². The van der Waals surface area contributed by atoms with Crippen molar-refractivity contribution in [1.29, 1.82) is 0 Å². The lowest BCUT2D eigenvalue weighted by Crippen LogP contribution is -2.47. The Labute approximate surface area is 176 Å². The zero-order valence-corrected chi connectivity index (χ0v) is 17.8. The summed E-state index contributed by atoms with van der Waals surface area (Å²) in [6.45, 7) is 7.97. The highest BCUT2D eigenvalue weighted by molar-refractivity contribution is 5.99. The second kappa shape index (κ2) is 8.53. The molecule has 1 saturated heterocycles. The number of aliphatic hydroxyl groups is 1. The van der Waals surface area contributed by atoms with Crippen molar-refractivity contribution in [1.82, 2.24) is 20.1 Å². The molecule has 2 unspecified atom stereocenters. The molecule has 3 heterocycles. The number of rotatable bonds is 5. The number of aliphatic hydroxyl groups excluding tert-OH is 1. The van der Waals surface area contributed by atoms with Crippen LogP contribution in [-0.4, -0.2) is 62.1 Å². The maximum Gasteiger partial charge on any atom is 0.175 e. The molecule has 158 valence electrons. The number of aromatic hydroxyl groups is 1. The number of hydrogen-bond donors (Lipinski definition) is 3. The van der Waals surface area contributed by atoms with E-state index in [2.05, 4.69) is 25.4 Å². The van der Waals surface area contributed by atoms with Gasteiger partial charge in [-0.05, 0) is 69.5 Å². The summed E-state index contributed by atoms with van der Waals surface area (Å²) in [6.07, 6.45) is 3.85. The first-order valence-electron chi connectivity index (χ1n) is 10.5. The first-order chi connectivity index (χ1) is 14.5. The van der Waals surface area contributed by atoms with E-state index >= 15 is 0 Å². The molecule has 7 heteroatoms. The molecule has 2 atom stereocenters. The third-order valence-electron chi connectivity index (χ3n) is 5.91. The number of hydrogen-bond acceptors (Lipinski definition) is 7. The highest BCUT2D eigenvalue weighted by atomic mass is 16.3. The number of nitrogens with one attached hydrogen (secondary N) is 1. The third-order valence-corrected chi connectivity index (χ3v) is 5.91. The predicted molar refractivity (Wildman–Crippen MR) is 119 cm³/mol. The number of likely N-dealkylation sites (tertiary alicyclic amines) is 1. The van der Waals surface area contributed by atoms with Crippen molar-refractivity contribution in [2.45, 2.75) is 45.7 Å². The van der Waals surface area contributed by atoms with Gasteiger partial charge in [0.25, 0.3) is 0 Å². The molecule has 0 saturated carbocycles. The minimum absolute atomic E-state index is 0.144. The molecule has 3 N–H and O–H groups in total. The minimum atomic E-state index is 0.144. The van der Waals surface area contributed by atoms with Crippen LogP contribution in [0.4, 0.5) is 5.82 Å². The summed E-state index contributed by atoms with van der Waals surface area (Å²) >= 11 is 0. The van der Waals surface area contributed by atoms with Gasteiger partial charge in [-0.15, -0.1) is 10.2 Å².